The average molecular weight is 293 g/mol. The molecule has 5 heteroatoms. The van der Waals surface area contributed by atoms with E-state index in [2.05, 4.69) is 24.4 Å². The summed E-state index contributed by atoms with van der Waals surface area (Å²) in [6.45, 7) is 2.18. The van der Waals surface area contributed by atoms with Crippen LogP contribution in [0.3, 0.4) is 0 Å². The van der Waals surface area contributed by atoms with Gasteiger partial charge in [0.1, 0.15) is 6.04 Å². The van der Waals surface area contributed by atoms with Gasteiger partial charge in [-0.3, -0.25) is 14.3 Å². The van der Waals surface area contributed by atoms with E-state index in [1.165, 1.54) is 18.2 Å². The van der Waals surface area contributed by atoms with Gasteiger partial charge < -0.3 is 4.74 Å². The summed E-state index contributed by atoms with van der Waals surface area (Å²) in [5, 5.41) is 3.43. The third kappa shape index (κ3) is 2.19. The molecule has 1 aromatic rings. The second kappa shape index (κ2) is 5.30. The maximum atomic E-state index is 12.5. The summed E-state index contributed by atoms with van der Waals surface area (Å²) in [7, 11) is 0.371. The molecule has 0 bridgehead atoms. The Morgan fingerprint density at radius 2 is 2.05 bits per heavy atom. The van der Waals surface area contributed by atoms with Crippen LogP contribution in [0.2, 0.25) is 0 Å². The van der Waals surface area contributed by atoms with Crippen LogP contribution in [-0.2, 0) is 20.3 Å². The fraction of sp³-hybridized carbons (Fsp3) is 0.533. The van der Waals surface area contributed by atoms with E-state index in [9.17, 15) is 9.00 Å². The molecule has 0 amide bonds. The monoisotopic (exact) mass is 293 g/mol. The largest absolute Gasteiger partial charge is 0.468 e. The van der Waals surface area contributed by atoms with E-state index in [4.69, 9.17) is 4.74 Å². The highest BCUT2D eigenvalue weighted by Gasteiger charge is 2.43. The topological polar surface area (TPSA) is 55.4 Å². The van der Waals surface area contributed by atoms with Crippen LogP contribution in [0.4, 0.5) is 0 Å². The molecule has 1 N–H and O–H groups in total. The Kier molecular flexibility index (Phi) is 3.65. The Balaban J connectivity index is 1.97. The number of hydrogen-bond acceptors (Lipinski definition) is 4. The zero-order valence-electron chi connectivity index (χ0n) is 11.7. The van der Waals surface area contributed by atoms with E-state index >= 15 is 0 Å². The summed E-state index contributed by atoms with van der Waals surface area (Å²) >= 11 is 0. The van der Waals surface area contributed by atoms with Gasteiger partial charge in [0.2, 0.25) is 0 Å². The molecule has 2 aliphatic rings. The minimum Gasteiger partial charge on any atom is -0.468 e. The Bertz CT molecular complexity index is 560. The van der Waals surface area contributed by atoms with E-state index in [0.717, 1.165) is 6.42 Å². The predicted octanol–water partition coefficient (Wildman–Crippen LogP) is 1.50. The van der Waals surface area contributed by atoms with Crippen molar-refractivity contribution in [1.29, 1.82) is 0 Å². The molecule has 0 aromatic heterocycles. The van der Waals surface area contributed by atoms with Crippen LogP contribution >= 0.6 is 0 Å². The highest BCUT2D eigenvalue weighted by atomic mass is 32.2. The molecule has 1 aliphatic heterocycles. The number of ether oxygens (including phenoxy) is 1. The Labute approximate surface area is 121 Å². The van der Waals surface area contributed by atoms with Gasteiger partial charge in [-0.15, -0.1) is 0 Å². The minimum atomic E-state index is -1.00. The van der Waals surface area contributed by atoms with Crippen molar-refractivity contribution in [3.63, 3.8) is 0 Å². The highest BCUT2D eigenvalue weighted by molar-refractivity contribution is 7.85. The van der Waals surface area contributed by atoms with Crippen molar-refractivity contribution in [2.45, 2.75) is 36.6 Å². The summed E-state index contributed by atoms with van der Waals surface area (Å²) in [5.74, 6) is 0.434. The molecule has 5 unspecified atom stereocenters. The Hall–Kier alpha value is -1.20. The van der Waals surface area contributed by atoms with E-state index in [1.54, 1.807) is 0 Å². The molecule has 20 heavy (non-hydrogen) atoms. The maximum Gasteiger partial charge on any atom is 0.323 e. The molecule has 0 spiro atoms. The van der Waals surface area contributed by atoms with Crippen LogP contribution in [-0.4, -0.2) is 34.3 Å². The lowest BCUT2D eigenvalue weighted by atomic mass is 9.80. The molecule has 4 nitrogen and oxygen atoms in total. The molecule has 1 saturated heterocycles. The minimum absolute atomic E-state index is 0.0129. The summed E-state index contributed by atoms with van der Waals surface area (Å²) in [4.78, 5) is 11.7. The molecule has 108 valence electrons. The second-order valence-electron chi connectivity index (χ2n) is 5.57. The molecule has 1 fully saturated rings. The third-order valence-electron chi connectivity index (χ3n) is 4.35. The summed E-state index contributed by atoms with van der Waals surface area (Å²) in [6.07, 6.45) is 0.898. The molecular weight excluding hydrogens is 274 g/mol. The van der Waals surface area contributed by atoms with Crippen molar-refractivity contribution in [3.05, 3.63) is 35.4 Å². The summed E-state index contributed by atoms with van der Waals surface area (Å²) in [5.41, 5.74) is 2.47. The maximum absolute atomic E-state index is 12.5. The van der Waals surface area contributed by atoms with Crippen LogP contribution in [0.15, 0.2) is 24.3 Å². The first-order valence-corrected chi connectivity index (χ1v) is 8.30. The normalized spacial score (nSPS) is 35.8. The Morgan fingerprint density at radius 3 is 2.75 bits per heavy atom. The molecule has 5 atom stereocenters. The number of rotatable bonds is 1. The van der Waals surface area contributed by atoms with Crippen molar-refractivity contribution in [2.75, 3.05) is 12.9 Å². The van der Waals surface area contributed by atoms with E-state index in [-0.39, 0.29) is 17.3 Å². The molecule has 1 aliphatic carbocycles. The quantitative estimate of drug-likeness (QED) is 0.797. The summed E-state index contributed by atoms with van der Waals surface area (Å²) < 4.78 is 17.3. The zero-order chi connectivity index (χ0) is 14.3. The zero-order valence-corrected chi connectivity index (χ0v) is 12.5. The summed E-state index contributed by atoms with van der Waals surface area (Å²) in [6, 6.07) is 7.76. The molecule has 0 saturated carbocycles. The van der Waals surface area contributed by atoms with E-state index in [1.807, 2.05) is 12.1 Å². The van der Waals surface area contributed by atoms with Gasteiger partial charge in [-0.1, -0.05) is 31.2 Å². The standard InChI is InChI=1S/C15H19NO3S/c1-9-7-13-14(11-6-4-3-5-10(9)11)16-12(8-20(13)18)15(17)19-2/h3-6,9,12-14,16H,7-8H2,1-2H3. The number of benzene rings is 1. The lowest BCUT2D eigenvalue weighted by Crippen LogP contribution is -2.55. The molecular formula is C15H19NO3S. The van der Waals surface area contributed by atoms with Gasteiger partial charge in [-0.05, 0) is 23.5 Å². The van der Waals surface area contributed by atoms with Gasteiger partial charge in [0.15, 0.2) is 0 Å². The van der Waals surface area contributed by atoms with Crippen LogP contribution in [0, 0.1) is 0 Å². The number of nitrogens with one attached hydrogen (secondary N) is 1. The molecule has 1 aromatic carbocycles. The SMILES string of the molecule is COC(=O)C1CS(=O)C2CC(C)c3ccccc3C2N1. The van der Waals surface area contributed by atoms with Gasteiger partial charge in [0.05, 0.1) is 18.1 Å². The fourth-order valence-electron chi connectivity index (χ4n) is 3.34. The molecule has 3 rings (SSSR count). The Morgan fingerprint density at radius 1 is 1.35 bits per heavy atom. The van der Waals surface area contributed by atoms with Gasteiger partial charge in [0, 0.05) is 16.8 Å². The second-order valence-corrected chi connectivity index (χ2v) is 7.27. The number of carbonyl (C=O) groups excluding carboxylic acids is 1. The highest BCUT2D eigenvalue weighted by Crippen LogP contribution is 2.41. The van der Waals surface area contributed by atoms with Crippen LogP contribution in [0.25, 0.3) is 0 Å². The van der Waals surface area contributed by atoms with Crippen molar-refractivity contribution in [2.24, 2.45) is 0 Å². The van der Waals surface area contributed by atoms with E-state index in [0.29, 0.717) is 11.7 Å². The smallest absolute Gasteiger partial charge is 0.323 e. The number of methoxy groups -OCH3 is 1. The lowest BCUT2D eigenvalue weighted by molar-refractivity contribution is -0.142. The fourth-order valence-corrected chi connectivity index (χ4v) is 5.18. The van der Waals surface area contributed by atoms with Gasteiger partial charge in [-0.2, -0.15) is 0 Å². The van der Waals surface area contributed by atoms with Gasteiger partial charge in [0.25, 0.3) is 0 Å². The van der Waals surface area contributed by atoms with Crippen molar-refractivity contribution < 1.29 is 13.7 Å². The number of fused-ring (bicyclic) bond motifs is 3. The van der Waals surface area contributed by atoms with Crippen molar-refractivity contribution in [3.8, 4) is 0 Å². The number of esters is 1. The number of hydrogen-bond donors (Lipinski definition) is 1. The average Bonchev–Trinajstić information content (AvgIpc) is 2.47. The van der Waals surface area contributed by atoms with Gasteiger partial charge >= 0.3 is 5.97 Å². The van der Waals surface area contributed by atoms with Crippen molar-refractivity contribution >= 4 is 16.8 Å². The van der Waals surface area contributed by atoms with Crippen LogP contribution < -0.4 is 5.32 Å². The van der Waals surface area contributed by atoms with Crippen LogP contribution in [0.5, 0.6) is 0 Å². The number of carbonyl (C=O) groups is 1. The first kappa shape index (κ1) is 13.8. The van der Waals surface area contributed by atoms with Crippen LogP contribution in [0.1, 0.15) is 36.4 Å². The first-order valence-electron chi connectivity index (χ1n) is 6.91. The third-order valence-corrected chi connectivity index (χ3v) is 6.16. The lowest BCUT2D eigenvalue weighted by Gasteiger charge is -2.42. The first-order chi connectivity index (χ1) is 9.61. The van der Waals surface area contributed by atoms with Crippen molar-refractivity contribution in [1.82, 2.24) is 5.32 Å². The van der Waals surface area contributed by atoms with Gasteiger partial charge in [-0.25, -0.2) is 0 Å². The molecule has 1 heterocycles. The molecule has 0 radical (unpaired) electrons. The predicted molar refractivity (Wildman–Crippen MR) is 78.0 cm³/mol. The van der Waals surface area contributed by atoms with E-state index < -0.39 is 16.8 Å².